The quantitative estimate of drug-likeness (QED) is 0.861. The summed E-state index contributed by atoms with van der Waals surface area (Å²) in [5.41, 5.74) is 3.04. The van der Waals surface area contributed by atoms with Gasteiger partial charge in [0.25, 0.3) is 0 Å². The first-order valence-corrected chi connectivity index (χ1v) is 6.39. The summed E-state index contributed by atoms with van der Waals surface area (Å²) in [6, 6.07) is 5.88. The van der Waals surface area contributed by atoms with Gasteiger partial charge in [-0.2, -0.15) is 0 Å². The minimum absolute atomic E-state index is 0.0519. The van der Waals surface area contributed by atoms with Crippen LogP contribution in [0.4, 0.5) is 11.4 Å². The molecule has 1 atom stereocenters. The molecule has 1 aliphatic rings. The van der Waals surface area contributed by atoms with Crippen molar-refractivity contribution in [2.75, 3.05) is 23.8 Å². The molecule has 1 amide bonds. The number of rotatable bonds is 4. The van der Waals surface area contributed by atoms with Gasteiger partial charge in [-0.15, -0.1) is 0 Å². The Labute approximate surface area is 108 Å². The van der Waals surface area contributed by atoms with Crippen molar-refractivity contribution < 1.29 is 9.53 Å². The van der Waals surface area contributed by atoms with Crippen LogP contribution in [0.3, 0.4) is 0 Å². The Morgan fingerprint density at radius 2 is 2.33 bits per heavy atom. The number of hydrogen-bond donors (Lipinski definition) is 2. The second kappa shape index (κ2) is 5.87. The SMILES string of the molecule is CC(=O)Nc1ccc(C)c(NCC2CCCO2)c1. The summed E-state index contributed by atoms with van der Waals surface area (Å²) in [6.07, 6.45) is 2.59. The van der Waals surface area contributed by atoms with Gasteiger partial charge in [-0.05, 0) is 37.5 Å². The molecule has 0 aliphatic carbocycles. The van der Waals surface area contributed by atoms with Crippen LogP contribution in [-0.4, -0.2) is 25.2 Å². The Bertz CT molecular complexity index is 426. The van der Waals surface area contributed by atoms with Crippen LogP contribution in [0.25, 0.3) is 0 Å². The third-order valence-electron chi connectivity index (χ3n) is 3.10. The van der Waals surface area contributed by atoms with E-state index in [2.05, 4.69) is 17.6 Å². The monoisotopic (exact) mass is 248 g/mol. The van der Waals surface area contributed by atoms with Gasteiger partial charge in [0.15, 0.2) is 0 Å². The first-order chi connectivity index (χ1) is 8.65. The fourth-order valence-electron chi connectivity index (χ4n) is 2.12. The lowest BCUT2D eigenvalue weighted by Crippen LogP contribution is -2.19. The number of nitrogens with one attached hydrogen (secondary N) is 2. The van der Waals surface area contributed by atoms with Gasteiger partial charge < -0.3 is 15.4 Å². The predicted molar refractivity (Wildman–Crippen MR) is 72.9 cm³/mol. The molecular formula is C14H20N2O2. The Kier molecular flexibility index (Phi) is 4.20. The van der Waals surface area contributed by atoms with Crippen molar-refractivity contribution in [3.63, 3.8) is 0 Å². The molecule has 0 aromatic heterocycles. The third kappa shape index (κ3) is 3.47. The molecule has 98 valence electrons. The fourth-order valence-corrected chi connectivity index (χ4v) is 2.12. The van der Waals surface area contributed by atoms with Crippen LogP contribution >= 0.6 is 0 Å². The molecule has 1 aromatic rings. The highest BCUT2D eigenvalue weighted by molar-refractivity contribution is 5.89. The summed E-state index contributed by atoms with van der Waals surface area (Å²) in [4.78, 5) is 11.0. The number of amides is 1. The summed E-state index contributed by atoms with van der Waals surface area (Å²) in [5, 5.41) is 6.18. The summed E-state index contributed by atoms with van der Waals surface area (Å²) < 4.78 is 5.58. The van der Waals surface area contributed by atoms with Gasteiger partial charge in [-0.25, -0.2) is 0 Å². The van der Waals surface area contributed by atoms with Crippen molar-refractivity contribution in [3.05, 3.63) is 23.8 Å². The van der Waals surface area contributed by atoms with E-state index in [4.69, 9.17) is 4.74 Å². The zero-order valence-corrected chi connectivity index (χ0v) is 11.0. The van der Waals surface area contributed by atoms with Gasteiger partial charge in [0.2, 0.25) is 5.91 Å². The zero-order valence-electron chi connectivity index (χ0n) is 11.0. The van der Waals surface area contributed by atoms with E-state index in [0.29, 0.717) is 6.10 Å². The molecule has 1 aliphatic heterocycles. The molecule has 1 heterocycles. The van der Waals surface area contributed by atoms with E-state index >= 15 is 0 Å². The molecule has 18 heavy (non-hydrogen) atoms. The highest BCUT2D eigenvalue weighted by atomic mass is 16.5. The van der Waals surface area contributed by atoms with Crippen molar-refractivity contribution in [1.82, 2.24) is 0 Å². The van der Waals surface area contributed by atoms with Crippen LogP contribution in [0, 0.1) is 6.92 Å². The summed E-state index contributed by atoms with van der Waals surface area (Å²) in [6.45, 7) is 5.26. The molecule has 4 heteroatoms. The van der Waals surface area contributed by atoms with E-state index in [1.165, 1.54) is 12.5 Å². The molecule has 1 saturated heterocycles. The van der Waals surface area contributed by atoms with Gasteiger partial charge in [-0.3, -0.25) is 4.79 Å². The van der Waals surface area contributed by atoms with E-state index in [1.807, 2.05) is 18.2 Å². The minimum Gasteiger partial charge on any atom is -0.382 e. The van der Waals surface area contributed by atoms with Crippen molar-refractivity contribution >= 4 is 17.3 Å². The number of carbonyl (C=O) groups excluding carboxylic acids is 1. The molecule has 4 nitrogen and oxygen atoms in total. The van der Waals surface area contributed by atoms with Crippen LogP contribution in [0.15, 0.2) is 18.2 Å². The average molecular weight is 248 g/mol. The summed E-state index contributed by atoms with van der Waals surface area (Å²) in [7, 11) is 0. The lowest BCUT2D eigenvalue weighted by atomic mass is 10.1. The number of aryl methyl sites for hydroxylation is 1. The van der Waals surface area contributed by atoms with E-state index in [9.17, 15) is 4.79 Å². The lowest BCUT2D eigenvalue weighted by Gasteiger charge is -2.15. The molecule has 1 unspecified atom stereocenters. The maximum absolute atomic E-state index is 11.0. The van der Waals surface area contributed by atoms with E-state index in [0.717, 1.165) is 37.4 Å². The molecule has 0 spiro atoms. The van der Waals surface area contributed by atoms with Crippen LogP contribution in [0.1, 0.15) is 25.3 Å². The maximum Gasteiger partial charge on any atom is 0.221 e. The molecule has 0 radical (unpaired) electrons. The van der Waals surface area contributed by atoms with Crippen LogP contribution < -0.4 is 10.6 Å². The number of carbonyl (C=O) groups is 1. The Morgan fingerprint density at radius 1 is 1.50 bits per heavy atom. The smallest absolute Gasteiger partial charge is 0.221 e. The first kappa shape index (κ1) is 12.9. The van der Waals surface area contributed by atoms with Crippen LogP contribution in [0.2, 0.25) is 0 Å². The average Bonchev–Trinajstić information content (AvgIpc) is 2.82. The van der Waals surface area contributed by atoms with Crippen LogP contribution in [-0.2, 0) is 9.53 Å². The second-order valence-corrected chi connectivity index (χ2v) is 4.73. The summed E-state index contributed by atoms with van der Waals surface area (Å²) >= 11 is 0. The molecule has 1 aromatic carbocycles. The standard InChI is InChI=1S/C14H20N2O2/c1-10-5-6-12(16-11(2)17)8-14(10)15-9-13-4-3-7-18-13/h5-6,8,13,15H,3-4,7,9H2,1-2H3,(H,16,17). The number of hydrogen-bond acceptors (Lipinski definition) is 3. The topological polar surface area (TPSA) is 50.4 Å². The predicted octanol–water partition coefficient (Wildman–Crippen LogP) is 2.54. The largest absolute Gasteiger partial charge is 0.382 e. The minimum atomic E-state index is -0.0519. The molecule has 2 rings (SSSR count). The van der Waals surface area contributed by atoms with Gasteiger partial charge in [-0.1, -0.05) is 6.07 Å². The first-order valence-electron chi connectivity index (χ1n) is 6.39. The molecule has 1 fully saturated rings. The van der Waals surface area contributed by atoms with Crippen molar-refractivity contribution in [2.45, 2.75) is 32.8 Å². The van der Waals surface area contributed by atoms with Gasteiger partial charge in [0.05, 0.1) is 6.10 Å². The highest BCUT2D eigenvalue weighted by Gasteiger charge is 2.15. The summed E-state index contributed by atoms with van der Waals surface area (Å²) in [5.74, 6) is -0.0519. The number of benzene rings is 1. The number of anilines is 2. The zero-order chi connectivity index (χ0) is 13.0. The van der Waals surface area contributed by atoms with Crippen molar-refractivity contribution in [2.24, 2.45) is 0 Å². The lowest BCUT2D eigenvalue weighted by molar-refractivity contribution is -0.114. The van der Waals surface area contributed by atoms with Crippen molar-refractivity contribution in [3.8, 4) is 0 Å². The number of ether oxygens (including phenoxy) is 1. The van der Waals surface area contributed by atoms with E-state index in [1.54, 1.807) is 0 Å². The van der Waals surface area contributed by atoms with Crippen molar-refractivity contribution in [1.29, 1.82) is 0 Å². The Balaban J connectivity index is 1.98. The molecule has 0 bridgehead atoms. The van der Waals surface area contributed by atoms with E-state index < -0.39 is 0 Å². The van der Waals surface area contributed by atoms with Crippen LogP contribution in [0.5, 0.6) is 0 Å². The van der Waals surface area contributed by atoms with Gasteiger partial charge >= 0.3 is 0 Å². The fraction of sp³-hybridized carbons (Fsp3) is 0.500. The third-order valence-corrected chi connectivity index (χ3v) is 3.10. The molecular weight excluding hydrogens is 228 g/mol. The molecule has 2 N–H and O–H groups in total. The van der Waals surface area contributed by atoms with Gasteiger partial charge in [0.1, 0.15) is 0 Å². The Morgan fingerprint density at radius 3 is 3.00 bits per heavy atom. The second-order valence-electron chi connectivity index (χ2n) is 4.73. The highest BCUT2D eigenvalue weighted by Crippen LogP contribution is 2.21. The van der Waals surface area contributed by atoms with E-state index in [-0.39, 0.29) is 5.91 Å². The Hall–Kier alpha value is -1.55. The van der Waals surface area contributed by atoms with Gasteiger partial charge in [0, 0.05) is 31.5 Å². The normalized spacial score (nSPS) is 18.7. The molecule has 0 saturated carbocycles. The maximum atomic E-state index is 11.0.